The van der Waals surface area contributed by atoms with E-state index in [1.54, 1.807) is 18.2 Å². The van der Waals surface area contributed by atoms with Gasteiger partial charge in [-0.25, -0.2) is 0 Å². The van der Waals surface area contributed by atoms with Gasteiger partial charge in [-0.1, -0.05) is 48.0 Å². The van der Waals surface area contributed by atoms with E-state index < -0.39 is 0 Å². The van der Waals surface area contributed by atoms with E-state index in [0.717, 1.165) is 24.1 Å². The fraction of sp³-hybridized carbons (Fsp3) is 0.158. The van der Waals surface area contributed by atoms with Gasteiger partial charge in [-0.05, 0) is 42.2 Å². The lowest BCUT2D eigenvalue weighted by Crippen LogP contribution is -2.27. The Morgan fingerprint density at radius 3 is 2.79 bits per heavy atom. The molecule has 3 aromatic rings. The molecule has 1 aliphatic carbocycles. The number of aromatic nitrogens is 2. The van der Waals surface area contributed by atoms with Crippen molar-refractivity contribution in [3.8, 4) is 11.3 Å². The summed E-state index contributed by atoms with van der Waals surface area (Å²) in [5, 5.41) is 10.8. The van der Waals surface area contributed by atoms with Gasteiger partial charge in [0.25, 0.3) is 5.91 Å². The maximum absolute atomic E-state index is 12.5. The van der Waals surface area contributed by atoms with E-state index in [4.69, 9.17) is 11.6 Å². The molecule has 0 saturated heterocycles. The molecule has 2 aromatic carbocycles. The van der Waals surface area contributed by atoms with Crippen LogP contribution in [-0.2, 0) is 6.42 Å². The molecule has 0 saturated carbocycles. The predicted octanol–water partition coefficient (Wildman–Crippen LogP) is 4.15. The third-order valence-corrected chi connectivity index (χ3v) is 4.65. The Morgan fingerprint density at radius 1 is 1.17 bits per heavy atom. The number of carbonyl (C=O) groups is 1. The molecule has 1 aromatic heterocycles. The highest BCUT2D eigenvalue weighted by Crippen LogP contribution is 2.31. The standard InChI is InChI=1S/C19H16ClN3O/c20-14-8-5-13(6-9-14)17-11-18(23-22-17)19(24)21-16-10-7-12-3-1-2-4-15(12)16/h1-6,8-9,11,16H,7,10H2,(H,21,24)(H,22,23). The van der Waals surface area contributed by atoms with E-state index in [2.05, 4.69) is 27.6 Å². The van der Waals surface area contributed by atoms with Crippen LogP contribution in [-0.4, -0.2) is 16.1 Å². The van der Waals surface area contributed by atoms with Crippen molar-refractivity contribution in [2.75, 3.05) is 0 Å². The number of amides is 1. The minimum absolute atomic E-state index is 0.0657. The minimum Gasteiger partial charge on any atom is -0.344 e. The van der Waals surface area contributed by atoms with Gasteiger partial charge in [0.2, 0.25) is 0 Å². The zero-order valence-corrected chi connectivity index (χ0v) is 13.7. The quantitative estimate of drug-likeness (QED) is 0.754. The third-order valence-electron chi connectivity index (χ3n) is 4.40. The molecule has 1 amide bonds. The monoisotopic (exact) mass is 337 g/mol. The summed E-state index contributed by atoms with van der Waals surface area (Å²) in [7, 11) is 0. The zero-order valence-electron chi connectivity index (χ0n) is 12.9. The van der Waals surface area contributed by atoms with Crippen LogP contribution in [0, 0.1) is 0 Å². The number of hydrogen-bond donors (Lipinski definition) is 2. The number of rotatable bonds is 3. The molecule has 1 heterocycles. The summed E-state index contributed by atoms with van der Waals surface area (Å²) < 4.78 is 0. The van der Waals surface area contributed by atoms with Gasteiger partial charge >= 0.3 is 0 Å². The lowest BCUT2D eigenvalue weighted by molar-refractivity contribution is 0.0931. The van der Waals surface area contributed by atoms with Gasteiger partial charge in [-0.2, -0.15) is 5.10 Å². The molecule has 0 bridgehead atoms. The first kappa shape index (κ1) is 15.0. The van der Waals surface area contributed by atoms with E-state index >= 15 is 0 Å². The largest absolute Gasteiger partial charge is 0.344 e. The van der Waals surface area contributed by atoms with Crippen molar-refractivity contribution in [1.29, 1.82) is 0 Å². The van der Waals surface area contributed by atoms with Crippen LogP contribution in [0.3, 0.4) is 0 Å². The summed E-state index contributed by atoms with van der Waals surface area (Å²) in [5.41, 5.74) is 4.63. The fourth-order valence-corrected chi connectivity index (χ4v) is 3.28. The first-order valence-electron chi connectivity index (χ1n) is 7.91. The summed E-state index contributed by atoms with van der Waals surface area (Å²) >= 11 is 5.90. The molecule has 2 N–H and O–H groups in total. The second-order valence-corrected chi connectivity index (χ2v) is 6.37. The van der Waals surface area contributed by atoms with Gasteiger partial charge in [0.15, 0.2) is 0 Å². The summed E-state index contributed by atoms with van der Waals surface area (Å²) in [6.45, 7) is 0. The number of aromatic amines is 1. The molecule has 1 atom stereocenters. The maximum atomic E-state index is 12.5. The Balaban J connectivity index is 1.51. The average molecular weight is 338 g/mol. The van der Waals surface area contributed by atoms with Crippen LogP contribution in [0.1, 0.15) is 34.1 Å². The molecule has 4 rings (SSSR count). The van der Waals surface area contributed by atoms with Gasteiger partial charge in [0.05, 0.1) is 11.7 Å². The van der Waals surface area contributed by atoms with Crippen LogP contribution in [0.25, 0.3) is 11.3 Å². The molecular weight excluding hydrogens is 322 g/mol. The molecule has 1 unspecified atom stereocenters. The average Bonchev–Trinajstić information content (AvgIpc) is 3.23. The zero-order chi connectivity index (χ0) is 16.5. The normalized spacial score (nSPS) is 16.0. The van der Waals surface area contributed by atoms with Crippen molar-refractivity contribution in [2.45, 2.75) is 18.9 Å². The molecular formula is C19H16ClN3O. The lowest BCUT2D eigenvalue weighted by atomic mass is 10.1. The molecule has 0 spiro atoms. The Kier molecular flexibility index (Phi) is 3.82. The Bertz CT molecular complexity index is 886. The highest BCUT2D eigenvalue weighted by molar-refractivity contribution is 6.30. The van der Waals surface area contributed by atoms with E-state index in [-0.39, 0.29) is 11.9 Å². The molecule has 0 fully saturated rings. The number of aryl methyl sites for hydroxylation is 1. The van der Waals surface area contributed by atoms with Crippen molar-refractivity contribution in [3.05, 3.63) is 76.4 Å². The van der Waals surface area contributed by atoms with Crippen LogP contribution in [0.4, 0.5) is 0 Å². The molecule has 5 heteroatoms. The third kappa shape index (κ3) is 2.81. The molecule has 0 radical (unpaired) electrons. The van der Waals surface area contributed by atoms with Gasteiger partial charge in [-0.15, -0.1) is 0 Å². The Hall–Kier alpha value is -2.59. The number of carbonyl (C=O) groups excluding carboxylic acids is 1. The Labute approximate surface area is 144 Å². The number of halogens is 1. The molecule has 120 valence electrons. The summed E-state index contributed by atoms with van der Waals surface area (Å²) in [6, 6.07) is 17.5. The number of fused-ring (bicyclic) bond motifs is 1. The second-order valence-electron chi connectivity index (χ2n) is 5.94. The summed E-state index contributed by atoms with van der Waals surface area (Å²) in [5.74, 6) is -0.135. The number of H-pyrrole nitrogens is 1. The minimum atomic E-state index is -0.135. The number of benzene rings is 2. The molecule has 1 aliphatic rings. The topological polar surface area (TPSA) is 57.8 Å². The van der Waals surface area contributed by atoms with E-state index in [1.165, 1.54) is 11.1 Å². The van der Waals surface area contributed by atoms with Crippen molar-refractivity contribution in [2.24, 2.45) is 0 Å². The second kappa shape index (κ2) is 6.13. The van der Waals surface area contributed by atoms with Crippen molar-refractivity contribution in [1.82, 2.24) is 15.5 Å². The van der Waals surface area contributed by atoms with Gasteiger partial charge in [-0.3, -0.25) is 9.89 Å². The van der Waals surface area contributed by atoms with Crippen molar-refractivity contribution in [3.63, 3.8) is 0 Å². The Morgan fingerprint density at radius 2 is 1.96 bits per heavy atom. The van der Waals surface area contributed by atoms with Gasteiger partial charge in [0.1, 0.15) is 5.69 Å². The SMILES string of the molecule is O=C(NC1CCc2ccccc21)c1cc(-c2ccc(Cl)cc2)n[nH]1. The summed E-state index contributed by atoms with van der Waals surface area (Å²) in [6.07, 6.45) is 1.93. The van der Waals surface area contributed by atoms with Gasteiger partial charge < -0.3 is 5.32 Å². The predicted molar refractivity (Wildman–Crippen MR) is 94.0 cm³/mol. The van der Waals surface area contributed by atoms with Crippen molar-refractivity contribution < 1.29 is 4.79 Å². The summed E-state index contributed by atoms with van der Waals surface area (Å²) in [4.78, 5) is 12.5. The highest BCUT2D eigenvalue weighted by atomic mass is 35.5. The first-order chi connectivity index (χ1) is 11.7. The molecule has 0 aliphatic heterocycles. The van der Waals surface area contributed by atoms with E-state index in [0.29, 0.717) is 10.7 Å². The number of nitrogens with zero attached hydrogens (tertiary/aromatic N) is 1. The number of hydrogen-bond acceptors (Lipinski definition) is 2. The van der Waals surface area contributed by atoms with E-state index in [1.807, 2.05) is 24.3 Å². The van der Waals surface area contributed by atoms with Crippen LogP contribution >= 0.6 is 11.6 Å². The highest BCUT2D eigenvalue weighted by Gasteiger charge is 2.24. The van der Waals surface area contributed by atoms with Gasteiger partial charge in [0, 0.05) is 10.6 Å². The van der Waals surface area contributed by atoms with Crippen LogP contribution in [0.5, 0.6) is 0 Å². The van der Waals surface area contributed by atoms with Crippen LogP contribution in [0.15, 0.2) is 54.6 Å². The molecule has 4 nitrogen and oxygen atoms in total. The van der Waals surface area contributed by atoms with Crippen LogP contribution in [0.2, 0.25) is 5.02 Å². The van der Waals surface area contributed by atoms with Crippen LogP contribution < -0.4 is 5.32 Å². The number of nitrogens with one attached hydrogen (secondary N) is 2. The fourth-order valence-electron chi connectivity index (χ4n) is 3.15. The first-order valence-corrected chi connectivity index (χ1v) is 8.28. The lowest BCUT2D eigenvalue weighted by Gasteiger charge is -2.13. The van der Waals surface area contributed by atoms with Crippen molar-refractivity contribution >= 4 is 17.5 Å². The smallest absolute Gasteiger partial charge is 0.269 e. The molecule has 24 heavy (non-hydrogen) atoms. The maximum Gasteiger partial charge on any atom is 0.269 e. The van der Waals surface area contributed by atoms with E-state index in [9.17, 15) is 4.79 Å².